The predicted octanol–water partition coefficient (Wildman–Crippen LogP) is 3.35. The number of nitrogens with zero attached hydrogens (tertiary/aromatic N) is 6. The van der Waals surface area contributed by atoms with Crippen LogP contribution in [0.25, 0.3) is 11.4 Å². The lowest BCUT2D eigenvalue weighted by molar-refractivity contribution is 0.0231. The summed E-state index contributed by atoms with van der Waals surface area (Å²) in [5, 5.41) is 17.3. The summed E-state index contributed by atoms with van der Waals surface area (Å²) < 4.78 is 12.9. The number of rotatable bonds is 7. The molecule has 13 heteroatoms. The zero-order valence-electron chi connectivity index (χ0n) is 18.9. The first-order valence-electron chi connectivity index (χ1n) is 11.0. The zero-order chi connectivity index (χ0) is 25.1. The van der Waals surface area contributed by atoms with Gasteiger partial charge < -0.3 is 10.1 Å². The van der Waals surface area contributed by atoms with Gasteiger partial charge in [-0.15, -0.1) is 11.3 Å². The van der Waals surface area contributed by atoms with E-state index in [9.17, 15) is 14.9 Å². The van der Waals surface area contributed by atoms with Gasteiger partial charge in [-0.3, -0.25) is 19.1 Å². The van der Waals surface area contributed by atoms with E-state index in [1.165, 1.54) is 26.7 Å². The summed E-state index contributed by atoms with van der Waals surface area (Å²) in [6.07, 6.45) is 1.56. The molecule has 1 aliphatic rings. The Bertz CT molecular complexity index is 1480. The van der Waals surface area contributed by atoms with E-state index >= 15 is 0 Å². The van der Waals surface area contributed by atoms with Gasteiger partial charge >= 0.3 is 0 Å². The summed E-state index contributed by atoms with van der Waals surface area (Å²) in [4.78, 5) is 29.9. The van der Waals surface area contributed by atoms with E-state index in [-0.39, 0.29) is 18.1 Å². The quantitative estimate of drug-likeness (QED) is 0.378. The molecule has 0 amide bonds. The van der Waals surface area contributed by atoms with Crippen LogP contribution in [-0.2, 0) is 18.0 Å². The highest BCUT2D eigenvalue weighted by Crippen LogP contribution is 2.26. The largest absolute Gasteiger partial charge is 0.379 e. The molecule has 0 aromatic carbocycles. The molecule has 184 valence electrons. The number of pyridine rings is 1. The molecule has 1 fully saturated rings. The number of hydrogen-bond donors (Lipinski definition) is 1. The Morgan fingerprint density at radius 1 is 1.22 bits per heavy atom. The molecule has 0 radical (unpaired) electrons. The summed E-state index contributed by atoms with van der Waals surface area (Å²) in [6, 6.07) is 12.2. The van der Waals surface area contributed by atoms with E-state index in [0.717, 1.165) is 16.4 Å². The summed E-state index contributed by atoms with van der Waals surface area (Å²) in [5.41, 5.74) is 0.561. The van der Waals surface area contributed by atoms with Crippen molar-refractivity contribution in [3.05, 3.63) is 72.6 Å². The number of ether oxygens (including phenoxy) is 1. The van der Waals surface area contributed by atoms with Crippen molar-refractivity contribution in [2.24, 2.45) is 0 Å². The normalized spacial score (nSPS) is 14.0. The Kier molecular flexibility index (Phi) is 7.26. The lowest BCUT2D eigenvalue weighted by atomic mass is 10.2. The molecule has 10 nitrogen and oxygen atoms in total. The smallest absolute Gasteiger partial charge is 0.291 e. The SMILES string of the molecule is N#Cc1ccc(-c2cc(NCc3ccc(Cl)s3)n(C(=O)c3ccns3)n2)n(CN2CCOCC2)c1=O. The Morgan fingerprint density at radius 2 is 2.06 bits per heavy atom. The minimum absolute atomic E-state index is 0.0418. The standard InChI is InChI=1S/C23H20ClN7O3S2/c24-20-4-2-16(35-20)13-26-21-11-17(28-31(21)23(33)19-5-6-27-36-19)18-3-1-15(12-25)22(32)30(18)14-29-7-9-34-10-8-29/h1-6,11,26H,7-10,13-14H2. The van der Waals surface area contributed by atoms with Crippen molar-refractivity contribution < 1.29 is 9.53 Å². The first-order chi connectivity index (χ1) is 17.5. The van der Waals surface area contributed by atoms with Gasteiger partial charge in [0, 0.05) is 30.2 Å². The van der Waals surface area contributed by atoms with Crippen molar-refractivity contribution in [2.75, 3.05) is 31.6 Å². The molecule has 36 heavy (non-hydrogen) atoms. The molecule has 0 aliphatic carbocycles. The first kappa shape index (κ1) is 24.4. The molecule has 1 aliphatic heterocycles. The van der Waals surface area contributed by atoms with Crippen molar-refractivity contribution in [3.63, 3.8) is 0 Å². The van der Waals surface area contributed by atoms with Crippen molar-refractivity contribution in [1.29, 1.82) is 5.26 Å². The van der Waals surface area contributed by atoms with Crippen LogP contribution >= 0.6 is 34.5 Å². The molecule has 4 aromatic heterocycles. The second-order valence-corrected chi connectivity index (χ2v) is 10.5. The predicted molar refractivity (Wildman–Crippen MR) is 138 cm³/mol. The number of carbonyl (C=O) groups excluding carboxylic acids is 1. The number of hydrogen-bond acceptors (Lipinski definition) is 10. The second kappa shape index (κ2) is 10.7. The summed E-state index contributed by atoms with van der Waals surface area (Å²) in [6.45, 7) is 3.18. The second-order valence-electron chi connectivity index (χ2n) is 7.92. The number of halogens is 1. The van der Waals surface area contributed by atoms with Crippen LogP contribution in [0.2, 0.25) is 4.34 Å². The van der Waals surface area contributed by atoms with Crippen LogP contribution in [0.3, 0.4) is 0 Å². The van der Waals surface area contributed by atoms with Gasteiger partial charge in [0.25, 0.3) is 11.5 Å². The maximum Gasteiger partial charge on any atom is 0.291 e. The molecule has 4 aromatic rings. The average molecular weight is 542 g/mol. The fourth-order valence-electron chi connectivity index (χ4n) is 3.81. The van der Waals surface area contributed by atoms with Gasteiger partial charge in [0.15, 0.2) is 0 Å². The van der Waals surface area contributed by atoms with Gasteiger partial charge in [-0.25, -0.2) is 4.37 Å². The van der Waals surface area contributed by atoms with Gasteiger partial charge in [-0.05, 0) is 41.9 Å². The Hall–Kier alpha value is -3.34. The lowest BCUT2D eigenvalue weighted by Crippen LogP contribution is -2.40. The van der Waals surface area contributed by atoms with Crippen LogP contribution in [0.1, 0.15) is 20.1 Å². The van der Waals surface area contributed by atoms with Gasteiger partial charge in [0.2, 0.25) is 0 Å². The van der Waals surface area contributed by atoms with Crippen LogP contribution in [0, 0.1) is 11.3 Å². The molecule has 0 spiro atoms. The molecular formula is C23H20ClN7O3S2. The number of nitriles is 1. The molecule has 0 atom stereocenters. The van der Waals surface area contributed by atoms with E-state index in [1.54, 1.807) is 24.4 Å². The number of carbonyl (C=O) groups is 1. The van der Waals surface area contributed by atoms with E-state index in [0.29, 0.717) is 59.3 Å². The highest BCUT2D eigenvalue weighted by Gasteiger charge is 2.22. The topological polar surface area (TPSA) is 118 Å². The minimum Gasteiger partial charge on any atom is -0.379 e. The van der Waals surface area contributed by atoms with E-state index in [1.807, 2.05) is 18.2 Å². The third-order valence-corrected chi connectivity index (χ3v) is 7.59. The molecule has 0 bridgehead atoms. The third-order valence-electron chi connectivity index (χ3n) is 5.63. The van der Waals surface area contributed by atoms with Crippen molar-refractivity contribution in [1.82, 2.24) is 23.6 Å². The van der Waals surface area contributed by atoms with Gasteiger partial charge in [-0.2, -0.15) is 15.0 Å². The highest BCUT2D eigenvalue weighted by molar-refractivity contribution is 7.16. The Balaban J connectivity index is 1.55. The van der Waals surface area contributed by atoms with Crippen molar-refractivity contribution >= 4 is 46.2 Å². The van der Waals surface area contributed by atoms with E-state index in [2.05, 4.69) is 19.7 Å². The number of nitrogens with one attached hydrogen (secondary N) is 1. The van der Waals surface area contributed by atoms with Crippen LogP contribution in [0.5, 0.6) is 0 Å². The van der Waals surface area contributed by atoms with Crippen LogP contribution in [0.15, 0.2) is 47.4 Å². The highest BCUT2D eigenvalue weighted by atomic mass is 35.5. The third kappa shape index (κ3) is 5.11. The summed E-state index contributed by atoms with van der Waals surface area (Å²) in [7, 11) is 0. The summed E-state index contributed by atoms with van der Waals surface area (Å²) >= 11 is 8.58. The average Bonchev–Trinajstić information content (AvgIpc) is 3.66. The van der Waals surface area contributed by atoms with Gasteiger partial charge in [-0.1, -0.05) is 11.6 Å². The molecular weight excluding hydrogens is 522 g/mol. The van der Waals surface area contributed by atoms with Gasteiger partial charge in [0.1, 0.15) is 28.0 Å². The number of aromatic nitrogens is 4. The number of anilines is 1. The molecule has 0 unspecified atom stereocenters. The van der Waals surface area contributed by atoms with Crippen LogP contribution < -0.4 is 10.9 Å². The van der Waals surface area contributed by atoms with Crippen LogP contribution in [-0.4, -0.2) is 55.8 Å². The molecule has 1 saturated heterocycles. The molecule has 1 N–H and O–H groups in total. The van der Waals surface area contributed by atoms with Crippen LogP contribution in [0.4, 0.5) is 5.82 Å². The lowest BCUT2D eigenvalue weighted by Gasteiger charge is -2.28. The first-order valence-corrected chi connectivity index (χ1v) is 13.0. The maximum absolute atomic E-state index is 13.2. The number of thiophene rings is 1. The molecule has 5 heterocycles. The Labute approximate surface area is 219 Å². The van der Waals surface area contributed by atoms with E-state index < -0.39 is 5.56 Å². The maximum atomic E-state index is 13.2. The molecule has 0 saturated carbocycles. The van der Waals surface area contributed by atoms with Crippen molar-refractivity contribution in [3.8, 4) is 17.5 Å². The fourth-order valence-corrected chi connectivity index (χ4v) is 5.36. The van der Waals surface area contributed by atoms with Gasteiger partial charge in [0.05, 0.1) is 36.5 Å². The molecule has 5 rings (SSSR count). The summed E-state index contributed by atoms with van der Waals surface area (Å²) in [5.74, 6) is 0.119. The monoisotopic (exact) mass is 541 g/mol. The number of morpholine rings is 1. The van der Waals surface area contributed by atoms with E-state index in [4.69, 9.17) is 16.3 Å². The zero-order valence-corrected chi connectivity index (χ0v) is 21.3. The van der Waals surface area contributed by atoms with Crippen molar-refractivity contribution in [2.45, 2.75) is 13.2 Å². The minimum atomic E-state index is -0.410. The fraction of sp³-hybridized carbons (Fsp3) is 0.261. The Morgan fingerprint density at radius 3 is 2.75 bits per heavy atom.